The number of halogens is 1. The summed E-state index contributed by atoms with van der Waals surface area (Å²) in [5.74, 6) is 0.233. The molecule has 1 aliphatic rings. The molecule has 3 N–H and O–H groups in total. The average Bonchev–Trinajstić information content (AvgIpc) is 3.08. The topological polar surface area (TPSA) is 175 Å². The first-order valence-corrected chi connectivity index (χ1v) is 13.8. The molecule has 16 heteroatoms. The summed E-state index contributed by atoms with van der Waals surface area (Å²) < 4.78 is 33.7. The highest BCUT2D eigenvalue weighted by Gasteiger charge is 2.44. The minimum Gasteiger partial charge on any atom is -0.450 e. The van der Waals surface area contributed by atoms with Crippen molar-refractivity contribution in [2.45, 2.75) is 51.0 Å². The molecule has 5 atom stereocenters. The Hall–Kier alpha value is -1.67. The second-order valence-electron chi connectivity index (χ2n) is 8.34. The van der Waals surface area contributed by atoms with Crippen LogP contribution in [0.1, 0.15) is 33.4 Å². The highest BCUT2D eigenvalue weighted by molar-refractivity contribution is 8.13. The number of aliphatic hydroxyl groups is 1. The molecule has 1 unspecified atom stereocenters. The lowest BCUT2D eigenvalue weighted by Crippen LogP contribution is -2.35. The van der Waals surface area contributed by atoms with Crippen molar-refractivity contribution in [3.05, 3.63) is 33.1 Å². The number of thioether (sulfide) groups is 1. The van der Waals surface area contributed by atoms with Crippen molar-refractivity contribution in [2.24, 2.45) is 5.41 Å². The summed E-state index contributed by atoms with van der Waals surface area (Å²) in [6, 6.07) is 1.11. The Morgan fingerprint density at radius 2 is 2.08 bits per heavy atom. The molecule has 0 bridgehead atoms. The van der Waals surface area contributed by atoms with Gasteiger partial charge in [0.1, 0.15) is 17.6 Å². The monoisotopic (exact) mass is 571 g/mol. The molecule has 1 aliphatic heterocycles. The minimum atomic E-state index is -2.96. The Bertz CT molecular complexity index is 1040. The first-order chi connectivity index (χ1) is 17.0. The second-order valence-corrected chi connectivity index (χ2v) is 11.0. The first kappa shape index (κ1) is 30.6. The average molecular weight is 572 g/mol. The van der Waals surface area contributed by atoms with Gasteiger partial charge in [-0.1, -0.05) is 25.6 Å². The maximum absolute atomic E-state index is 12.4. The van der Waals surface area contributed by atoms with Crippen LogP contribution in [0.3, 0.4) is 0 Å². The molecular weight excluding hydrogens is 541 g/mol. The number of carbonyl (C=O) groups excluding carboxylic acids is 2. The van der Waals surface area contributed by atoms with Gasteiger partial charge in [-0.3, -0.25) is 23.7 Å². The summed E-state index contributed by atoms with van der Waals surface area (Å²) in [5, 5.41) is 11.7. The van der Waals surface area contributed by atoms with Crippen LogP contribution >= 0.6 is 31.6 Å². The number of rotatable bonds is 13. The van der Waals surface area contributed by atoms with Crippen molar-refractivity contribution in [2.75, 3.05) is 32.1 Å². The number of alkyl carbamates (subject to hydrolysis) is 1. The van der Waals surface area contributed by atoms with Gasteiger partial charge in [0.2, 0.25) is 0 Å². The maximum Gasteiger partial charge on any atom is 0.407 e. The van der Waals surface area contributed by atoms with E-state index >= 15 is 0 Å². The van der Waals surface area contributed by atoms with E-state index in [4.69, 9.17) is 30.1 Å². The van der Waals surface area contributed by atoms with Gasteiger partial charge in [0, 0.05) is 30.0 Å². The van der Waals surface area contributed by atoms with Crippen molar-refractivity contribution >= 4 is 42.8 Å². The number of ether oxygens (including phenoxy) is 2. The lowest BCUT2D eigenvalue weighted by Gasteiger charge is -2.22. The zero-order valence-electron chi connectivity index (χ0n) is 20.1. The third-order valence-electron chi connectivity index (χ3n) is 5.17. The molecule has 204 valence electrons. The first-order valence-electron chi connectivity index (χ1n) is 11.1. The molecule has 0 aromatic carbocycles. The Morgan fingerprint density at radius 3 is 2.75 bits per heavy atom. The van der Waals surface area contributed by atoms with Gasteiger partial charge >= 0.3 is 20.0 Å². The van der Waals surface area contributed by atoms with Crippen LogP contribution in [0.15, 0.2) is 21.9 Å². The summed E-state index contributed by atoms with van der Waals surface area (Å²) in [5.41, 5.74) is -2.05. The van der Waals surface area contributed by atoms with Crippen LogP contribution in [0.2, 0.25) is 0 Å². The third-order valence-corrected chi connectivity index (χ3v) is 7.67. The van der Waals surface area contributed by atoms with Crippen molar-refractivity contribution in [1.82, 2.24) is 14.9 Å². The summed E-state index contributed by atoms with van der Waals surface area (Å²) >= 11 is 7.18. The molecule has 2 rings (SSSR count). The van der Waals surface area contributed by atoms with Gasteiger partial charge in [-0.15, -0.1) is 11.6 Å². The van der Waals surface area contributed by atoms with E-state index in [-0.39, 0.29) is 37.2 Å². The summed E-state index contributed by atoms with van der Waals surface area (Å²) in [6.45, 7) is 5.42. The normalized spacial score (nSPS) is 22.8. The number of H-pyrrole nitrogens is 1. The van der Waals surface area contributed by atoms with Gasteiger partial charge in [0.25, 0.3) is 5.56 Å². The van der Waals surface area contributed by atoms with E-state index in [9.17, 15) is 28.8 Å². The van der Waals surface area contributed by atoms with E-state index in [2.05, 4.69) is 10.3 Å². The fourth-order valence-electron chi connectivity index (χ4n) is 3.10. The van der Waals surface area contributed by atoms with Crippen molar-refractivity contribution in [3.8, 4) is 0 Å². The molecule has 36 heavy (non-hydrogen) atoms. The molecule has 0 radical (unpaired) electrons. The number of hydrogen-bond acceptors (Lipinski definition) is 11. The molecule has 0 spiro atoms. The number of aliphatic hydroxyl groups excluding tert-OH is 1. The largest absolute Gasteiger partial charge is 0.450 e. The Kier molecular flexibility index (Phi) is 12.2. The fraction of sp³-hybridized carbons (Fsp3) is 0.700. The highest BCUT2D eigenvalue weighted by Crippen LogP contribution is 2.35. The number of amides is 1. The molecule has 13 nitrogen and oxygen atoms in total. The third kappa shape index (κ3) is 9.02. The molecule has 2 heterocycles. The second kappa shape index (κ2) is 14.3. The van der Waals surface area contributed by atoms with Crippen LogP contribution in [-0.4, -0.2) is 75.6 Å². The SMILES string of the molecule is CCOC(=O)NCCC(C)(C)C(=O)SCCO[PH](=O)OC[C@H]1O[C@@H](n2ccc(=O)[nH]c2=O)[C@H](Cl)[C@@H]1O. The summed E-state index contributed by atoms with van der Waals surface area (Å²) in [6.07, 6.45) is -2.23. The molecule has 1 aromatic heterocycles. The maximum atomic E-state index is 12.4. The lowest BCUT2D eigenvalue weighted by atomic mass is 9.91. The van der Waals surface area contributed by atoms with Crippen molar-refractivity contribution in [3.63, 3.8) is 0 Å². The van der Waals surface area contributed by atoms with Crippen molar-refractivity contribution < 1.29 is 37.8 Å². The zero-order chi connectivity index (χ0) is 26.9. The van der Waals surface area contributed by atoms with Crippen LogP contribution < -0.4 is 16.6 Å². The van der Waals surface area contributed by atoms with Crippen LogP contribution in [0.25, 0.3) is 0 Å². The van der Waals surface area contributed by atoms with Crippen molar-refractivity contribution in [1.29, 1.82) is 0 Å². The standard InChI is InChI=1S/C20H31ClN3O10PS/c1-4-31-19(29)22-7-6-20(2,3)17(27)36-10-9-32-35(30)33-11-12-15(26)14(21)16(34-12)24-8-5-13(25)23-18(24)28/h5,8,12,14-16,26,35H,4,6-7,9-11H2,1-3H3,(H,22,29)(H,23,25,28)/t12-,14-,15-,16-/m1/s1. The molecule has 1 saturated heterocycles. The molecule has 1 amide bonds. The molecule has 1 aromatic rings. The Balaban J connectivity index is 1.70. The molecule has 1 fully saturated rings. The van der Waals surface area contributed by atoms with Gasteiger partial charge in [-0.05, 0) is 13.3 Å². The van der Waals surface area contributed by atoms with Gasteiger partial charge in [-0.2, -0.15) is 0 Å². The Morgan fingerprint density at radius 1 is 1.36 bits per heavy atom. The number of carbonyl (C=O) groups is 2. The zero-order valence-corrected chi connectivity index (χ0v) is 22.6. The van der Waals surface area contributed by atoms with E-state index in [1.54, 1.807) is 20.8 Å². The number of alkyl halides is 1. The molecule has 0 saturated carbocycles. The number of nitrogens with one attached hydrogen (secondary N) is 2. The van der Waals surface area contributed by atoms with E-state index < -0.39 is 54.8 Å². The fourth-order valence-corrected chi connectivity index (χ4v) is 5.09. The predicted molar refractivity (Wildman–Crippen MR) is 133 cm³/mol. The van der Waals surface area contributed by atoms with Crippen LogP contribution in [-0.2, 0) is 27.9 Å². The lowest BCUT2D eigenvalue weighted by molar-refractivity contribution is -0.118. The van der Waals surface area contributed by atoms with Gasteiger partial charge < -0.3 is 28.9 Å². The van der Waals surface area contributed by atoms with Crippen LogP contribution in [0.4, 0.5) is 4.79 Å². The molecular formula is C20H31ClN3O10PS. The number of aromatic amines is 1. The number of aromatic nitrogens is 2. The smallest absolute Gasteiger partial charge is 0.407 e. The van der Waals surface area contributed by atoms with Gasteiger partial charge in [0.05, 0.1) is 19.8 Å². The van der Waals surface area contributed by atoms with Gasteiger partial charge in [-0.25, -0.2) is 9.59 Å². The van der Waals surface area contributed by atoms with E-state index in [0.29, 0.717) is 6.42 Å². The van der Waals surface area contributed by atoms with E-state index in [1.165, 1.54) is 6.20 Å². The van der Waals surface area contributed by atoms with Crippen LogP contribution in [0, 0.1) is 5.41 Å². The van der Waals surface area contributed by atoms with E-state index in [0.717, 1.165) is 22.4 Å². The van der Waals surface area contributed by atoms with Gasteiger partial charge in [0.15, 0.2) is 11.3 Å². The number of nitrogens with zero attached hydrogens (tertiary/aromatic N) is 1. The predicted octanol–water partition coefficient (Wildman–Crippen LogP) is 1.25. The van der Waals surface area contributed by atoms with Crippen LogP contribution in [0.5, 0.6) is 0 Å². The van der Waals surface area contributed by atoms with E-state index in [1.807, 2.05) is 0 Å². The minimum absolute atomic E-state index is 0.0209. The quantitative estimate of drug-likeness (QED) is 0.176. The number of hydrogen-bond donors (Lipinski definition) is 3. The summed E-state index contributed by atoms with van der Waals surface area (Å²) in [7, 11) is -2.96. The Labute approximate surface area is 217 Å². The molecule has 0 aliphatic carbocycles. The summed E-state index contributed by atoms with van der Waals surface area (Å²) in [4.78, 5) is 49.0. The highest BCUT2D eigenvalue weighted by atomic mass is 35.5.